The SMILES string of the molecule is Cc1ccccc1COc1ccccc1C(=O)NC1CC2CCC(C1)N2.Cl. The highest BCUT2D eigenvalue weighted by molar-refractivity contribution is 5.97. The Hall–Kier alpha value is -2.04. The second-order valence-electron chi connectivity index (χ2n) is 7.49. The van der Waals surface area contributed by atoms with Crippen LogP contribution in [0.2, 0.25) is 0 Å². The lowest BCUT2D eigenvalue weighted by molar-refractivity contribution is 0.0919. The lowest BCUT2D eigenvalue weighted by atomic mass is 9.99. The summed E-state index contributed by atoms with van der Waals surface area (Å²) in [4.78, 5) is 12.8. The molecule has 27 heavy (non-hydrogen) atoms. The van der Waals surface area contributed by atoms with Gasteiger partial charge in [-0.15, -0.1) is 12.4 Å². The van der Waals surface area contributed by atoms with E-state index in [9.17, 15) is 4.79 Å². The molecule has 0 spiro atoms. The van der Waals surface area contributed by atoms with Crippen molar-refractivity contribution in [3.05, 3.63) is 65.2 Å². The number of aryl methyl sites for hydroxylation is 1. The number of nitrogens with one attached hydrogen (secondary N) is 2. The first-order valence-electron chi connectivity index (χ1n) is 9.52. The molecule has 5 heteroatoms. The second kappa shape index (κ2) is 8.77. The number of hydrogen-bond donors (Lipinski definition) is 2. The van der Waals surface area contributed by atoms with E-state index in [1.807, 2.05) is 36.4 Å². The van der Waals surface area contributed by atoms with Crippen molar-refractivity contribution in [1.82, 2.24) is 10.6 Å². The quantitative estimate of drug-likeness (QED) is 0.816. The normalized spacial score (nSPS) is 23.4. The lowest BCUT2D eigenvalue weighted by Crippen LogP contribution is -2.48. The van der Waals surface area contributed by atoms with E-state index < -0.39 is 0 Å². The van der Waals surface area contributed by atoms with Gasteiger partial charge in [0.15, 0.2) is 0 Å². The van der Waals surface area contributed by atoms with Crippen molar-refractivity contribution in [2.24, 2.45) is 0 Å². The summed E-state index contributed by atoms with van der Waals surface area (Å²) in [6, 6.07) is 17.1. The first-order valence-corrected chi connectivity index (χ1v) is 9.52. The summed E-state index contributed by atoms with van der Waals surface area (Å²) in [6.45, 7) is 2.54. The van der Waals surface area contributed by atoms with E-state index in [1.165, 1.54) is 18.4 Å². The highest BCUT2D eigenvalue weighted by Gasteiger charge is 2.34. The smallest absolute Gasteiger partial charge is 0.255 e. The van der Waals surface area contributed by atoms with Gasteiger partial charge in [-0.2, -0.15) is 0 Å². The van der Waals surface area contributed by atoms with Crippen LogP contribution >= 0.6 is 12.4 Å². The molecule has 144 valence electrons. The average molecular weight is 387 g/mol. The molecule has 0 aliphatic carbocycles. The summed E-state index contributed by atoms with van der Waals surface area (Å²) in [6.07, 6.45) is 4.50. The predicted molar refractivity (Wildman–Crippen MR) is 110 cm³/mol. The summed E-state index contributed by atoms with van der Waals surface area (Å²) < 4.78 is 6.00. The molecule has 1 amide bonds. The Labute approximate surface area is 167 Å². The number of carbonyl (C=O) groups excluding carboxylic acids is 1. The second-order valence-corrected chi connectivity index (χ2v) is 7.49. The zero-order valence-electron chi connectivity index (χ0n) is 15.6. The minimum atomic E-state index is -0.0308. The van der Waals surface area contributed by atoms with Crippen LogP contribution in [0.3, 0.4) is 0 Å². The van der Waals surface area contributed by atoms with Crippen LogP contribution in [0.5, 0.6) is 5.75 Å². The van der Waals surface area contributed by atoms with Crippen molar-refractivity contribution >= 4 is 18.3 Å². The van der Waals surface area contributed by atoms with E-state index >= 15 is 0 Å². The molecule has 4 nitrogen and oxygen atoms in total. The Kier molecular flexibility index (Phi) is 6.40. The maximum Gasteiger partial charge on any atom is 0.255 e. The van der Waals surface area contributed by atoms with Crippen molar-refractivity contribution in [2.45, 2.75) is 57.3 Å². The van der Waals surface area contributed by atoms with Crippen LogP contribution in [0.15, 0.2) is 48.5 Å². The molecular weight excluding hydrogens is 360 g/mol. The van der Waals surface area contributed by atoms with Gasteiger partial charge in [-0.05, 0) is 55.9 Å². The minimum Gasteiger partial charge on any atom is -0.488 e. The van der Waals surface area contributed by atoms with Gasteiger partial charge in [0.2, 0.25) is 0 Å². The molecule has 2 unspecified atom stereocenters. The van der Waals surface area contributed by atoms with E-state index in [1.54, 1.807) is 0 Å². The number of benzene rings is 2. The van der Waals surface area contributed by atoms with Crippen molar-refractivity contribution < 1.29 is 9.53 Å². The summed E-state index contributed by atoms with van der Waals surface area (Å²) in [7, 11) is 0. The van der Waals surface area contributed by atoms with E-state index in [2.05, 4.69) is 29.7 Å². The molecule has 2 bridgehead atoms. The third-order valence-electron chi connectivity index (χ3n) is 5.58. The molecule has 2 aliphatic heterocycles. The molecule has 4 rings (SSSR count). The van der Waals surface area contributed by atoms with E-state index in [4.69, 9.17) is 4.74 Å². The Morgan fingerprint density at radius 2 is 1.74 bits per heavy atom. The Morgan fingerprint density at radius 3 is 2.48 bits per heavy atom. The number of para-hydroxylation sites is 1. The standard InChI is InChI=1S/C22H26N2O2.ClH/c1-15-6-2-3-7-16(15)14-26-21-9-5-4-8-20(21)22(25)24-19-12-17-10-11-18(13-19)23-17;/h2-9,17-19,23H,10-14H2,1H3,(H,24,25);1H. The Balaban J connectivity index is 0.00000210. The van der Waals surface area contributed by atoms with Gasteiger partial charge < -0.3 is 15.4 Å². The van der Waals surface area contributed by atoms with Crippen LogP contribution < -0.4 is 15.4 Å². The highest BCUT2D eigenvalue weighted by atomic mass is 35.5. The molecule has 2 aromatic rings. The molecule has 2 aromatic carbocycles. The molecule has 0 saturated carbocycles. The Bertz CT molecular complexity index is 783. The van der Waals surface area contributed by atoms with Gasteiger partial charge in [-0.3, -0.25) is 4.79 Å². The van der Waals surface area contributed by atoms with Crippen molar-refractivity contribution in [3.8, 4) is 5.75 Å². The maximum absolute atomic E-state index is 12.8. The van der Waals surface area contributed by atoms with Crippen LogP contribution in [0.25, 0.3) is 0 Å². The molecule has 2 aliphatic rings. The average Bonchev–Trinajstić information content (AvgIpc) is 2.99. The van der Waals surface area contributed by atoms with E-state index in [0.29, 0.717) is 30.0 Å². The number of fused-ring (bicyclic) bond motifs is 2. The zero-order valence-corrected chi connectivity index (χ0v) is 16.4. The molecular formula is C22H27ClN2O2. The number of hydrogen-bond acceptors (Lipinski definition) is 3. The van der Waals surface area contributed by atoms with Crippen LogP contribution in [0, 0.1) is 6.92 Å². The number of amides is 1. The maximum atomic E-state index is 12.8. The molecule has 2 N–H and O–H groups in total. The van der Waals surface area contributed by atoms with Gasteiger partial charge in [-0.1, -0.05) is 36.4 Å². The minimum absolute atomic E-state index is 0. The summed E-state index contributed by atoms with van der Waals surface area (Å²) >= 11 is 0. The third kappa shape index (κ3) is 4.63. The van der Waals surface area contributed by atoms with E-state index in [0.717, 1.165) is 18.4 Å². The first kappa shape index (κ1) is 19.7. The number of halogens is 1. The monoisotopic (exact) mass is 386 g/mol. The number of ether oxygens (including phenoxy) is 1. The van der Waals surface area contributed by atoms with Gasteiger partial charge >= 0.3 is 0 Å². The largest absolute Gasteiger partial charge is 0.488 e. The fraction of sp³-hybridized carbons (Fsp3) is 0.409. The van der Waals surface area contributed by atoms with Crippen molar-refractivity contribution in [2.75, 3.05) is 0 Å². The van der Waals surface area contributed by atoms with Gasteiger partial charge in [-0.25, -0.2) is 0 Å². The van der Waals surface area contributed by atoms with Gasteiger partial charge in [0.25, 0.3) is 5.91 Å². The molecule has 2 fully saturated rings. The number of piperidine rings is 1. The summed E-state index contributed by atoms with van der Waals surface area (Å²) in [5.41, 5.74) is 2.95. The fourth-order valence-electron chi connectivity index (χ4n) is 4.15. The fourth-order valence-corrected chi connectivity index (χ4v) is 4.15. The van der Waals surface area contributed by atoms with Crippen LogP contribution in [0.4, 0.5) is 0 Å². The third-order valence-corrected chi connectivity index (χ3v) is 5.58. The van der Waals surface area contributed by atoms with Gasteiger partial charge in [0, 0.05) is 18.1 Å². The molecule has 0 radical (unpaired) electrons. The van der Waals surface area contributed by atoms with Crippen molar-refractivity contribution in [1.29, 1.82) is 0 Å². The summed E-state index contributed by atoms with van der Waals surface area (Å²) in [5, 5.41) is 6.84. The van der Waals surface area contributed by atoms with Crippen LogP contribution in [-0.4, -0.2) is 24.0 Å². The van der Waals surface area contributed by atoms with Crippen LogP contribution in [-0.2, 0) is 6.61 Å². The topological polar surface area (TPSA) is 50.4 Å². The number of carbonyl (C=O) groups is 1. The predicted octanol–water partition coefficient (Wildman–Crippen LogP) is 4.01. The zero-order chi connectivity index (χ0) is 17.9. The molecule has 0 aromatic heterocycles. The summed E-state index contributed by atoms with van der Waals surface area (Å²) in [5.74, 6) is 0.613. The highest BCUT2D eigenvalue weighted by Crippen LogP contribution is 2.27. The molecule has 2 atom stereocenters. The van der Waals surface area contributed by atoms with E-state index in [-0.39, 0.29) is 24.4 Å². The van der Waals surface area contributed by atoms with Gasteiger partial charge in [0.05, 0.1) is 5.56 Å². The lowest BCUT2D eigenvalue weighted by Gasteiger charge is -2.29. The Morgan fingerprint density at radius 1 is 1.07 bits per heavy atom. The first-order chi connectivity index (χ1) is 12.7. The van der Waals surface area contributed by atoms with Crippen molar-refractivity contribution in [3.63, 3.8) is 0 Å². The van der Waals surface area contributed by atoms with Crippen LogP contribution in [0.1, 0.15) is 47.2 Å². The van der Waals surface area contributed by atoms with Gasteiger partial charge in [0.1, 0.15) is 12.4 Å². The molecule has 2 heterocycles. The number of rotatable bonds is 5. The molecule has 2 saturated heterocycles.